The van der Waals surface area contributed by atoms with Crippen molar-refractivity contribution in [1.82, 2.24) is 0 Å². The predicted molar refractivity (Wildman–Crippen MR) is 87.4 cm³/mol. The Bertz CT molecular complexity index is 739. The first kappa shape index (κ1) is 15.2. The van der Waals surface area contributed by atoms with E-state index in [2.05, 4.69) is 5.32 Å². The van der Waals surface area contributed by atoms with Gasteiger partial charge >= 0.3 is 5.97 Å². The summed E-state index contributed by atoms with van der Waals surface area (Å²) in [5.41, 5.74) is 1.34. The van der Waals surface area contributed by atoms with E-state index < -0.39 is 5.97 Å². The molecule has 2 aromatic rings. The first-order valence-corrected chi connectivity index (χ1v) is 7.75. The van der Waals surface area contributed by atoms with Crippen LogP contribution in [-0.2, 0) is 11.3 Å². The third-order valence-electron chi connectivity index (χ3n) is 3.27. The Labute approximate surface area is 136 Å². The zero-order valence-corrected chi connectivity index (χ0v) is 13.2. The number of aliphatic carboxylic acids is 1. The van der Waals surface area contributed by atoms with Crippen molar-refractivity contribution in [2.75, 3.05) is 19.2 Å². The molecule has 0 amide bonds. The van der Waals surface area contributed by atoms with E-state index in [1.807, 2.05) is 17.5 Å². The molecule has 1 aliphatic rings. The number of methoxy groups -OCH3 is 1. The second-order valence-electron chi connectivity index (χ2n) is 4.72. The van der Waals surface area contributed by atoms with E-state index in [9.17, 15) is 4.79 Å². The molecule has 0 fully saturated rings. The van der Waals surface area contributed by atoms with Gasteiger partial charge in [0.1, 0.15) is 0 Å². The van der Waals surface area contributed by atoms with Crippen LogP contribution in [0.1, 0.15) is 10.4 Å². The number of benzene rings is 1. The molecule has 23 heavy (non-hydrogen) atoms. The molecule has 0 unspecified atom stereocenters. The van der Waals surface area contributed by atoms with Crippen molar-refractivity contribution in [3.63, 3.8) is 0 Å². The van der Waals surface area contributed by atoms with Crippen molar-refractivity contribution in [2.45, 2.75) is 6.54 Å². The van der Waals surface area contributed by atoms with Crippen molar-refractivity contribution in [3.05, 3.63) is 40.1 Å². The summed E-state index contributed by atoms with van der Waals surface area (Å²) in [7, 11) is 1.51. The van der Waals surface area contributed by atoms with Gasteiger partial charge in [0.05, 0.1) is 12.8 Å². The summed E-state index contributed by atoms with van der Waals surface area (Å²) in [5, 5.41) is 14.1. The fourth-order valence-electron chi connectivity index (χ4n) is 2.29. The van der Waals surface area contributed by atoms with E-state index in [1.165, 1.54) is 18.1 Å². The highest BCUT2D eigenvalue weighted by atomic mass is 32.1. The third kappa shape index (κ3) is 3.24. The number of hydrogen-bond donors (Lipinski definition) is 2. The van der Waals surface area contributed by atoms with E-state index in [-0.39, 0.29) is 6.79 Å². The van der Waals surface area contributed by atoms with Crippen LogP contribution >= 0.6 is 11.3 Å². The Morgan fingerprint density at radius 1 is 1.48 bits per heavy atom. The van der Waals surface area contributed by atoms with Crippen molar-refractivity contribution in [1.29, 1.82) is 0 Å². The van der Waals surface area contributed by atoms with E-state index in [4.69, 9.17) is 19.3 Å². The molecule has 120 valence electrons. The van der Waals surface area contributed by atoms with Crippen molar-refractivity contribution in [2.24, 2.45) is 0 Å². The van der Waals surface area contributed by atoms with Crippen LogP contribution in [0.5, 0.6) is 17.2 Å². The van der Waals surface area contributed by atoms with Crippen LogP contribution in [0.15, 0.2) is 29.7 Å². The summed E-state index contributed by atoms with van der Waals surface area (Å²) < 4.78 is 16.4. The highest BCUT2D eigenvalue weighted by Gasteiger charge is 2.25. The lowest BCUT2D eigenvalue weighted by molar-refractivity contribution is -0.131. The summed E-state index contributed by atoms with van der Waals surface area (Å²) in [6.07, 6.45) is 2.53. The second kappa shape index (κ2) is 6.62. The molecule has 2 N–H and O–H groups in total. The number of thiophene rings is 1. The molecule has 6 nitrogen and oxygen atoms in total. The Kier molecular flexibility index (Phi) is 4.38. The molecule has 0 spiro atoms. The Hall–Kier alpha value is -2.67. The molecule has 1 aromatic carbocycles. The van der Waals surface area contributed by atoms with Gasteiger partial charge in [-0.05, 0) is 23.6 Å². The minimum atomic E-state index is -1.03. The van der Waals surface area contributed by atoms with E-state index >= 15 is 0 Å². The first-order valence-electron chi connectivity index (χ1n) is 6.87. The minimum absolute atomic E-state index is 0.103. The van der Waals surface area contributed by atoms with Crippen molar-refractivity contribution >= 4 is 29.1 Å². The Morgan fingerprint density at radius 2 is 2.30 bits per heavy atom. The normalized spacial score (nSPS) is 12.6. The average Bonchev–Trinajstić information content (AvgIpc) is 3.21. The molecule has 0 saturated heterocycles. The Balaban J connectivity index is 1.96. The molecule has 1 aliphatic heterocycles. The average molecular weight is 333 g/mol. The number of carboxylic acids is 1. The van der Waals surface area contributed by atoms with Gasteiger partial charge < -0.3 is 24.6 Å². The maximum atomic E-state index is 10.8. The molecule has 0 bridgehead atoms. The molecule has 0 atom stereocenters. The monoisotopic (exact) mass is 333 g/mol. The smallest absolute Gasteiger partial charge is 0.328 e. The first-order chi connectivity index (χ1) is 11.2. The van der Waals surface area contributed by atoms with Gasteiger partial charge in [-0.2, -0.15) is 0 Å². The van der Waals surface area contributed by atoms with Gasteiger partial charge in [0, 0.05) is 23.1 Å². The SMILES string of the molecule is COc1c(/C=C/C(=O)O)cc(NCc2cccs2)c2c1OCO2. The highest BCUT2D eigenvalue weighted by Crippen LogP contribution is 2.48. The van der Waals surface area contributed by atoms with Gasteiger partial charge in [0.15, 0.2) is 11.5 Å². The fourth-order valence-corrected chi connectivity index (χ4v) is 2.93. The number of ether oxygens (including phenoxy) is 3. The fraction of sp³-hybridized carbons (Fsp3) is 0.188. The number of nitrogens with one attached hydrogen (secondary N) is 1. The number of anilines is 1. The number of fused-ring (bicyclic) bond motifs is 1. The largest absolute Gasteiger partial charge is 0.492 e. The Morgan fingerprint density at radius 3 is 3.00 bits per heavy atom. The topological polar surface area (TPSA) is 77.0 Å². The molecular formula is C16H15NO5S. The van der Waals surface area contributed by atoms with Crippen molar-refractivity contribution in [3.8, 4) is 17.2 Å². The summed E-state index contributed by atoms with van der Waals surface area (Å²) >= 11 is 1.65. The maximum Gasteiger partial charge on any atom is 0.328 e. The van der Waals surface area contributed by atoms with Crippen molar-refractivity contribution < 1.29 is 24.1 Å². The van der Waals surface area contributed by atoms with Gasteiger partial charge in [0.25, 0.3) is 0 Å². The summed E-state index contributed by atoms with van der Waals surface area (Å²) in [6.45, 7) is 0.743. The van der Waals surface area contributed by atoms with E-state index in [0.717, 1.165) is 11.8 Å². The van der Waals surface area contributed by atoms with Gasteiger partial charge in [-0.15, -0.1) is 11.3 Å². The van der Waals surface area contributed by atoms with Gasteiger partial charge in [-0.3, -0.25) is 0 Å². The predicted octanol–water partition coefficient (Wildman–Crippen LogP) is 3.20. The molecule has 2 heterocycles. The lowest BCUT2D eigenvalue weighted by Gasteiger charge is -2.13. The standard InChI is InChI=1S/C16H15NO5S/c1-20-14-10(4-5-13(18)19)7-12(15-16(14)22-9-21-15)17-8-11-3-2-6-23-11/h2-7,17H,8-9H2,1H3,(H,18,19)/b5-4+. The zero-order chi connectivity index (χ0) is 16.2. The number of hydrogen-bond acceptors (Lipinski definition) is 6. The van der Waals surface area contributed by atoms with Crippen LogP contribution in [0, 0.1) is 0 Å². The molecule has 0 radical (unpaired) electrons. The quantitative estimate of drug-likeness (QED) is 0.791. The van der Waals surface area contributed by atoms with Gasteiger partial charge in [0.2, 0.25) is 12.5 Å². The number of carboxylic acid groups (broad SMARTS) is 1. The van der Waals surface area contributed by atoms with Crippen LogP contribution < -0.4 is 19.5 Å². The van der Waals surface area contributed by atoms with E-state index in [1.54, 1.807) is 17.4 Å². The highest BCUT2D eigenvalue weighted by molar-refractivity contribution is 7.09. The van der Waals surface area contributed by atoms with Crippen LogP contribution in [0.4, 0.5) is 5.69 Å². The lowest BCUT2D eigenvalue weighted by Crippen LogP contribution is -2.00. The minimum Gasteiger partial charge on any atom is -0.492 e. The summed E-state index contributed by atoms with van der Waals surface area (Å²) in [4.78, 5) is 12.0. The van der Waals surface area contributed by atoms with Crippen LogP contribution in [0.3, 0.4) is 0 Å². The van der Waals surface area contributed by atoms with Crippen LogP contribution in [0.2, 0.25) is 0 Å². The third-order valence-corrected chi connectivity index (χ3v) is 4.14. The molecular weight excluding hydrogens is 318 g/mol. The molecule has 0 aliphatic carbocycles. The molecule has 3 rings (SSSR count). The number of carbonyl (C=O) groups is 1. The molecule has 7 heteroatoms. The van der Waals surface area contributed by atoms with Gasteiger partial charge in [-0.25, -0.2) is 4.79 Å². The summed E-state index contributed by atoms with van der Waals surface area (Å²) in [6, 6.07) is 5.81. The zero-order valence-electron chi connectivity index (χ0n) is 12.4. The van der Waals surface area contributed by atoms with Crippen LogP contribution in [-0.4, -0.2) is 25.0 Å². The lowest BCUT2D eigenvalue weighted by atomic mass is 10.1. The summed E-state index contributed by atoms with van der Waals surface area (Å²) in [5.74, 6) is 0.481. The maximum absolute atomic E-state index is 10.8. The molecule has 1 aromatic heterocycles. The van der Waals surface area contributed by atoms with Gasteiger partial charge in [-0.1, -0.05) is 6.07 Å². The molecule has 0 saturated carbocycles. The number of rotatable bonds is 6. The van der Waals surface area contributed by atoms with E-state index in [0.29, 0.717) is 29.4 Å². The second-order valence-corrected chi connectivity index (χ2v) is 5.75. The van der Waals surface area contributed by atoms with Crippen LogP contribution in [0.25, 0.3) is 6.08 Å².